The number of benzene rings is 7. The number of aryl methyl sites for hydroxylation is 5. The Labute approximate surface area is 679 Å². The Morgan fingerprint density at radius 3 is 1.83 bits per heavy atom. The maximum absolute atomic E-state index is 14.2. The van der Waals surface area contributed by atoms with Crippen LogP contribution < -0.4 is 36.5 Å². The molecule has 8 heterocycles. The van der Waals surface area contributed by atoms with Gasteiger partial charge in [0.15, 0.2) is 29.0 Å². The molecular formula is C84H76Cl3F2N15O9S2. The van der Waals surface area contributed by atoms with E-state index in [-0.39, 0.29) is 48.0 Å². The number of halogens is 5. The summed E-state index contributed by atoms with van der Waals surface area (Å²) in [5, 5.41) is 27.1. The van der Waals surface area contributed by atoms with Crippen molar-refractivity contribution in [1.82, 2.24) is 44.6 Å². The molecule has 3 aliphatic heterocycles. The lowest BCUT2D eigenvalue weighted by Gasteiger charge is -2.17. The van der Waals surface area contributed by atoms with Crippen LogP contribution in [0.2, 0.25) is 15.1 Å². The number of rotatable bonds is 17. The van der Waals surface area contributed by atoms with E-state index in [1.165, 1.54) is 34.6 Å². The highest BCUT2D eigenvalue weighted by atomic mass is 35.5. The molecule has 3 atom stereocenters. The average molecular weight is 1650 g/mol. The Bertz CT molecular complexity index is 6110. The maximum Gasteiger partial charge on any atom is 0.254 e. The molecule has 0 unspecified atom stereocenters. The van der Waals surface area contributed by atoms with Gasteiger partial charge in [0.1, 0.15) is 52.1 Å². The van der Waals surface area contributed by atoms with E-state index in [4.69, 9.17) is 75.2 Å². The minimum Gasteiger partial charge on any atom is -0.497 e. The maximum atomic E-state index is 14.2. The number of aliphatic imine (C=N–C) groups is 3. The van der Waals surface area contributed by atoms with Gasteiger partial charge in [-0.3, -0.25) is 48.0 Å². The number of methoxy groups -OCH3 is 1. The van der Waals surface area contributed by atoms with Crippen molar-refractivity contribution in [3.8, 4) is 50.2 Å². The number of primary amides is 2. The lowest BCUT2D eigenvalue weighted by atomic mass is 9.93. The minimum atomic E-state index is -3.54. The van der Waals surface area contributed by atoms with E-state index < -0.39 is 51.6 Å². The summed E-state index contributed by atoms with van der Waals surface area (Å²) in [6.45, 7) is 13.8. The van der Waals surface area contributed by atoms with Crippen molar-refractivity contribution in [3.63, 3.8) is 0 Å². The number of pyridine rings is 1. The summed E-state index contributed by atoms with van der Waals surface area (Å²) in [7, 11) is -0.294. The highest BCUT2D eigenvalue weighted by Crippen LogP contribution is 2.45. The van der Waals surface area contributed by atoms with E-state index in [0.29, 0.717) is 85.2 Å². The normalized spacial score (nSPS) is 14.6. The van der Waals surface area contributed by atoms with Gasteiger partial charge in [-0.25, -0.2) is 17.2 Å². The summed E-state index contributed by atoms with van der Waals surface area (Å²) in [6, 6.07) is 42.3. The number of anilines is 1. The van der Waals surface area contributed by atoms with Crippen LogP contribution in [0.25, 0.3) is 39.0 Å². The van der Waals surface area contributed by atoms with Crippen LogP contribution in [-0.2, 0) is 37.9 Å². The standard InChI is InChI=1S/C23H20F2N2O4S.C22H22ClN5O2.C20H16ClN3O2.C19H18ClN5OS/c1-3-32(29,30)26-15-8-10-21(31-22-9-7-14(24)11-20(22)25)18(12-15)19-13-27(2)23(28)17-6-4-5-16(17)19;1-4-24-20(29)12-18-22-27-26-13(2)28(22)19-10-9-16(30-3)11-17(19)21(25-18)14-5-7-15(23)8-6-14;1-11-18-14-4-2-3-5-15(14)19(12-6-8-13(21)9-7-12)23-16(10-17(22)25)20(18)26-24-11;1-9-10(2)27-19-16(9)17(12-4-6-13(20)7-5-12)22-14(8-15(21)26)18-24-23-11(3)25(18)19/h4-5,7-13,26H,3,6H2,1-2H3;5-11,18H,4,12H2,1-3H3,(H,24,29);2-9,16H,10H2,1H3,(H2,22,25);4-7,14H,8H2,1-3H3,(H2,21,26)/t;18-;16-;14-/m.000/s1. The van der Waals surface area contributed by atoms with Crippen molar-refractivity contribution >= 4 is 103 Å². The Kier molecular flexibility index (Phi) is 24.2. The molecule has 0 fully saturated rings. The van der Waals surface area contributed by atoms with Gasteiger partial charge in [-0.2, -0.15) is 0 Å². The van der Waals surface area contributed by atoms with Crippen LogP contribution in [0.4, 0.5) is 14.5 Å². The van der Waals surface area contributed by atoms with Crippen LogP contribution in [0.5, 0.6) is 17.2 Å². The number of allylic oxidation sites excluding steroid dienone is 1. The van der Waals surface area contributed by atoms with Crippen molar-refractivity contribution in [2.24, 2.45) is 33.5 Å². The van der Waals surface area contributed by atoms with Crippen molar-refractivity contribution in [2.75, 3.05) is 24.1 Å². The number of carbonyl (C=O) groups excluding carboxylic acids is 3. The lowest BCUT2D eigenvalue weighted by Crippen LogP contribution is -2.25. The molecule has 12 aromatic rings. The van der Waals surface area contributed by atoms with Crippen LogP contribution in [-0.4, -0.2) is 102 Å². The molecule has 588 valence electrons. The number of amides is 3. The first-order chi connectivity index (χ1) is 55.1. The van der Waals surface area contributed by atoms with E-state index in [9.17, 15) is 36.4 Å². The highest BCUT2D eigenvalue weighted by molar-refractivity contribution is 7.92. The van der Waals surface area contributed by atoms with Crippen LogP contribution in [0.1, 0.15) is 141 Å². The minimum absolute atomic E-state index is 0.0483. The summed E-state index contributed by atoms with van der Waals surface area (Å²) in [5.41, 5.74) is 26.1. The van der Waals surface area contributed by atoms with Gasteiger partial charge in [-0.15, -0.1) is 31.7 Å². The second-order valence-corrected chi connectivity index (χ2v) is 31.7. The molecule has 31 heteroatoms. The molecule has 5 aromatic heterocycles. The van der Waals surface area contributed by atoms with Crippen LogP contribution >= 0.6 is 46.1 Å². The molecule has 0 saturated carbocycles. The number of hydrogen-bond acceptors (Lipinski definition) is 18. The monoisotopic (exact) mass is 1650 g/mol. The molecule has 0 saturated heterocycles. The Morgan fingerprint density at radius 2 is 1.22 bits per heavy atom. The largest absolute Gasteiger partial charge is 0.497 e. The fourth-order valence-corrected chi connectivity index (χ4v) is 16.0. The van der Waals surface area contributed by atoms with Gasteiger partial charge in [0.2, 0.25) is 27.7 Å². The van der Waals surface area contributed by atoms with Gasteiger partial charge in [-0.1, -0.05) is 113 Å². The lowest BCUT2D eigenvalue weighted by molar-refractivity contribution is -0.121. The number of sulfonamides is 1. The molecule has 6 N–H and O–H groups in total. The third-order valence-electron chi connectivity index (χ3n) is 19.4. The Hall–Kier alpha value is -12.1. The molecule has 0 bridgehead atoms. The smallest absolute Gasteiger partial charge is 0.254 e. The van der Waals surface area contributed by atoms with Crippen molar-refractivity contribution in [1.29, 1.82) is 0 Å². The molecule has 24 nitrogen and oxygen atoms in total. The Morgan fingerprint density at radius 1 is 0.643 bits per heavy atom. The zero-order valence-corrected chi connectivity index (χ0v) is 67.5. The van der Waals surface area contributed by atoms with Gasteiger partial charge >= 0.3 is 0 Å². The summed E-state index contributed by atoms with van der Waals surface area (Å²) in [4.78, 5) is 64.3. The van der Waals surface area contributed by atoms with Gasteiger partial charge in [0.05, 0.1) is 66.2 Å². The van der Waals surface area contributed by atoms with Gasteiger partial charge in [0, 0.05) is 102 Å². The third kappa shape index (κ3) is 17.4. The number of hydrogen-bond donors (Lipinski definition) is 4. The summed E-state index contributed by atoms with van der Waals surface area (Å²) in [5.74, 6) is 1.38. The number of thiophene rings is 1. The number of nitrogens with one attached hydrogen (secondary N) is 2. The van der Waals surface area contributed by atoms with Crippen molar-refractivity contribution < 1.29 is 45.6 Å². The molecule has 0 spiro atoms. The van der Waals surface area contributed by atoms with E-state index in [0.717, 1.165) is 101 Å². The third-order valence-corrected chi connectivity index (χ3v) is 22.6. The first-order valence-electron chi connectivity index (χ1n) is 36.3. The molecule has 0 radical (unpaired) electrons. The fourth-order valence-electron chi connectivity index (χ4n) is 13.8. The Balaban J connectivity index is 0.000000134. The number of nitrogens with two attached hydrogens (primary N) is 2. The van der Waals surface area contributed by atoms with E-state index in [1.54, 1.807) is 37.8 Å². The molecule has 115 heavy (non-hydrogen) atoms. The zero-order chi connectivity index (χ0) is 81.8. The second-order valence-electron chi connectivity index (χ2n) is 27.1. The summed E-state index contributed by atoms with van der Waals surface area (Å²) < 4.78 is 76.4. The number of carbonyl (C=O) groups is 3. The first-order valence-corrected chi connectivity index (χ1v) is 39.9. The zero-order valence-electron chi connectivity index (χ0n) is 63.6. The van der Waals surface area contributed by atoms with E-state index in [1.807, 2.05) is 164 Å². The average Bonchev–Trinajstić information content (AvgIpc) is 1.60. The number of fused-ring (bicyclic) bond motifs is 10. The van der Waals surface area contributed by atoms with Crippen LogP contribution in [0.3, 0.4) is 0 Å². The number of aromatic nitrogens is 8. The molecule has 7 aromatic carbocycles. The molecule has 16 rings (SSSR count). The predicted octanol–water partition coefficient (Wildman–Crippen LogP) is 15.9. The number of nitrogens with zero attached hydrogens (tertiary/aromatic N) is 11. The fraction of sp³-hybridized carbons (Fsp3) is 0.214. The molecule has 1 aliphatic carbocycles. The van der Waals surface area contributed by atoms with Gasteiger partial charge in [-0.05, 0) is 157 Å². The number of ether oxygens (including phenoxy) is 2. The quantitative estimate of drug-likeness (QED) is 0.0659. The van der Waals surface area contributed by atoms with E-state index >= 15 is 0 Å². The SMILES string of the molecule is CCNC(=O)C[C@@H]1N=C(c2ccc(Cl)cc2)c2cc(OC)ccc2-n2c(C)nnc21.CCS(=O)(=O)Nc1ccc(Oc2ccc(F)cc2F)c(-c2cn(C)c(=O)c3c2C=CC3)c1.Cc1noc2c1-c1ccccc1C(c1ccc(Cl)cc1)=N[C@H]2CC(N)=O.Cc1sc2c(c1C)C(c1ccc(Cl)cc1)=N[C@@H](CC(N)=O)c1nnc(C)n1-2. The van der Waals surface area contributed by atoms with Gasteiger partial charge < -0.3 is 35.3 Å². The second kappa shape index (κ2) is 34.3. The predicted molar refractivity (Wildman–Crippen MR) is 443 cm³/mol. The summed E-state index contributed by atoms with van der Waals surface area (Å²) >= 11 is 19.9. The molecule has 4 aliphatic rings. The van der Waals surface area contributed by atoms with Crippen LogP contribution in [0, 0.1) is 46.3 Å². The topological polar surface area (TPSA) is 326 Å². The molecule has 3 amide bonds. The summed E-state index contributed by atoms with van der Waals surface area (Å²) in [6.07, 6.45) is 6.07. The van der Waals surface area contributed by atoms with Crippen molar-refractivity contribution in [3.05, 3.63) is 291 Å². The van der Waals surface area contributed by atoms with E-state index in [2.05, 4.69) is 49.4 Å². The highest BCUT2D eigenvalue weighted by Gasteiger charge is 2.35. The first kappa shape index (κ1) is 81.0. The molecular weight excluding hydrogens is 1570 g/mol. The van der Waals surface area contributed by atoms with Crippen molar-refractivity contribution in [2.45, 2.75) is 92.3 Å². The van der Waals surface area contributed by atoms with Gasteiger partial charge in [0.25, 0.3) is 5.56 Å². The van der Waals surface area contributed by atoms with Crippen LogP contribution in [0.15, 0.2) is 188 Å².